The van der Waals surface area contributed by atoms with Crippen molar-refractivity contribution in [3.8, 4) is 0 Å². The smallest absolute Gasteiger partial charge is 0.150 e. The van der Waals surface area contributed by atoms with Crippen LogP contribution >= 0.6 is 15.9 Å². The number of benzene rings is 1. The van der Waals surface area contributed by atoms with Gasteiger partial charge in [-0.05, 0) is 37.6 Å². The van der Waals surface area contributed by atoms with Gasteiger partial charge in [0.1, 0.15) is 9.84 Å². The minimum Gasteiger partial charge on any atom is -0.313 e. The fraction of sp³-hybridized carbons (Fsp3) is 0.538. The van der Waals surface area contributed by atoms with E-state index in [0.717, 1.165) is 10.9 Å². The lowest BCUT2D eigenvalue weighted by Crippen LogP contribution is -2.18. The SMILES string of the molecule is CCS(=O)(=O)CCCC(NC)c1cccc(Br)c1. The van der Waals surface area contributed by atoms with Crippen LogP contribution in [-0.4, -0.2) is 27.0 Å². The molecule has 0 radical (unpaired) electrons. The zero-order chi connectivity index (χ0) is 13.6. The van der Waals surface area contributed by atoms with Crippen molar-refractivity contribution < 1.29 is 8.42 Å². The zero-order valence-electron chi connectivity index (χ0n) is 10.8. The molecular formula is C13H20BrNO2S. The summed E-state index contributed by atoms with van der Waals surface area (Å²) in [4.78, 5) is 0. The van der Waals surface area contributed by atoms with Gasteiger partial charge in [0, 0.05) is 16.3 Å². The molecule has 102 valence electrons. The van der Waals surface area contributed by atoms with Crippen molar-refractivity contribution in [3.63, 3.8) is 0 Å². The van der Waals surface area contributed by atoms with Gasteiger partial charge in [0.2, 0.25) is 0 Å². The summed E-state index contributed by atoms with van der Waals surface area (Å²) in [5.74, 6) is 0.504. The van der Waals surface area contributed by atoms with Crippen LogP contribution in [0.4, 0.5) is 0 Å². The van der Waals surface area contributed by atoms with Gasteiger partial charge in [-0.15, -0.1) is 0 Å². The second-order valence-electron chi connectivity index (χ2n) is 4.27. The molecule has 0 heterocycles. The van der Waals surface area contributed by atoms with E-state index in [0.29, 0.717) is 6.42 Å². The van der Waals surface area contributed by atoms with Crippen LogP contribution in [0.2, 0.25) is 0 Å². The largest absolute Gasteiger partial charge is 0.313 e. The molecule has 3 nitrogen and oxygen atoms in total. The second-order valence-corrected chi connectivity index (χ2v) is 7.66. The van der Waals surface area contributed by atoms with E-state index >= 15 is 0 Å². The molecule has 0 aliphatic heterocycles. The quantitative estimate of drug-likeness (QED) is 0.834. The number of halogens is 1. The summed E-state index contributed by atoms with van der Waals surface area (Å²) in [7, 11) is -0.948. The molecule has 1 N–H and O–H groups in total. The number of hydrogen-bond donors (Lipinski definition) is 1. The maximum absolute atomic E-state index is 11.4. The molecule has 0 fully saturated rings. The van der Waals surface area contributed by atoms with Crippen LogP contribution in [0.1, 0.15) is 31.4 Å². The minimum atomic E-state index is -2.85. The van der Waals surface area contributed by atoms with Crippen LogP contribution in [0.3, 0.4) is 0 Å². The summed E-state index contributed by atoms with van der Waals surface area (Å²) in [6.45, 7) is 1.69. The first kappa shape index (κ1) is 15.7. The van der Waals surface area contributed by atoms with Crippen LogP contribution in [0, 0.1) is 0 Å². The van der Waals surface area contributed by atoms with Crippen molar-refractivity contribution in [2.24, 2.45) is 0 Å². The summed E-state index contributed by atoms with van der Waals surface area (Å²) >= 11 is 3.45. The molecule has 0 spiro atoms. The average Bonchev–Trinajstić information content (AvgIpc) is 2.34. The van der Waals surface area contributed by atoms with Gasteiger partial charge in [0.05, 0.1) is 5.75 Å². The lowest BCUT2D eigenvalue weighted by atomic mass is 10.0. The Morgan fingerprint density at radius 2 is 2.11 bits per heavy atom. The van der Waals surface area contributed by atoms with E-state index in [4.69, 9.17) is 0 Å². The van der Waals surface area contributed by atoms with E-state index in [-0.39, 0.29) is 17.5 Å². The van der Waals surface area contributed by atoms with E-state index in [1.165, 1.54) is 5.56 Å². The van der Waals surface area contributed by atoms with E-state index in [2.05, 4.69) is 33.4 Å². The topological polar surface area (TPSA) is 46.2 Å². The number of nitrogens with one attached hydrogen (secondary N) is 1. The molecule has 0 amide bonds. The van der Waals surface area contributed by atoms with Gasteiger partial charge >= 0.3 is 0 Å². The van der Waals surface area contributed by atoms with Gasteiger partial charge < -0.3 is 5.32 Å². The summed E-state index contributed by atoms with van der Waals surface area (Å²) in [5.41, 5.74) is 1.18. The number of sulfone groups is 1. The highest BCUT2D eigenvalue weighted by molar-refractivity contribution is 9.10. The highest BCUT2D eigenvalue weighted by atomic mass is 79.9. The van der Waals surface area contributed by atoms with Gasteiger partial charge in [-0.25, -0.2) is 8.42 Å². The lowest BCUT2D eigenvalue weighted by molar-refractivity contribution is 0.535. The van der Waals surface area contributed by atoms with Crippen molar-refractivity contribution in [2.75, 3.05) is 18.6 Å². The predicted octanol–water partition coefficient (Wildman–Crippen LogP) is 2.92. The molecule has 0 aliphatic rings. The first-order valence-electron chi connectivity index (χ1n) is 6.11. The van der Waals surface area contributed by atoms with E-state index in [9.17, 15) is 8.42 Å². The molecule has 1 aromatic carbocycles. The molecule has 5 heteroatoms. The fourth-order valence-electron chi connectivity index (χ4n) is 1.85. The molecule has 0 bridgehead atoms. The van der Waals surface area contributed by atoms with Crippen LogP contribution in [0.25, 0.3) is 0 Å². The first-order valence-corrected chi connectivity index (χ1v) is 8.73. The normalized spacial score (nSPS) is 13.5. The monoisotopic (exact) mass is 333 g/mol. The standard InChI is InChI=1S/C13H20BrNO2S/c1-3-18(16,17)9-5-8-13(15-2)11-6-4-7-12(14)10-11/h4,6-7,10,13,15H,3,5,8-9H2,1-2H3. The molecule has 0 saturated heterocycles. The predicted molar refractivity (Wildman–Crippen MR) is 79.5 cm³/mol. The third kappa shape index (κ3) is 5.08. The Bertz CT molecular complexity index is 474. The molecule has 0 aromatic heterocycles. The second kappa shape index (κ2) is 7.26. The number of rotatable bonds is 7. The summed E-state index contributed by atoms with van der Waals surface area (Å²) in [5, 5.41) is 3.23. The van der Waals surface area contributed by atoms with Crippen molar-refractivity contribution >= 4 is 25.8 Å². The van der Waals surface area contributed by atoms with Crippen LogP contribution in [0.5, 0.6) is 0 Å². The minimum absolute atomic E-state index is 0.203. The van der Waals surface area contributed by atoms with Crippen molar-refractivity contribution in [1.29, 1.82) is 0 Å². The summed E-state index contributed by atoms with van der Waals surface area (Å²) < 4.78 is 23.9. The zero-order valence-corrected chi connectivity index (χ0v) is 13.2. The third-order valence-electron chi connectivity index (χ3n) is 2.99. The average molecular weight is 334 g/mol. The van der Waals surface area contributed by atoms with Gasteiger partial charge in [0.25, 0.3) is 0 Å². The Kier molecular flexibility index (Phi) is 6.32. The van der Waals surface area contributed by atoms with Crippen molar-refractivity contribution in [3.05, 3.63) is 34.3 Å². The maximum atomic E-state index is 11.4. The molecule has 1 unspecified atom stereocenters. The number of hydrogen-bond acceptors (Lipinski definition) is 3. The Morgan fingerprint density at radius 1 is 1.39 bits per heavy atom. The van der Waals surface area contributed by atoms with Gasteiger partial charge in [-0.2, -0.15) is 0 Å². The van der Waals surface area contributed by atoms with Crippen molar-refractivity contribution in [2.45, 2.75) is 25.8 Å². The molecule has 1 rings (SSSR count). The highest BCUT2D eigenvalue weighted by Gasteiger charge is 2.12. The lowest BCUT2D eigenvalue weighted by Gasteiger charge is -2.16. The molecule has 0 saturated carbocycles. The van der Waals surface area contributed by atoms with Gasteiger partial charge in [0.15, 0.2) is 0 Å². The van der Waals surface area contributed by atoms with E-state index < -0.39 is 9.84 Å². The Morgan fingerprint density at radius 3 is 2.67 bits per heavy atom. The molecule has 0 aliphatic carbocycles. The first-order chi connectivity index (χ1) is 8.48. The van der Waals surface area contributed by atoms with Crippen LogP contribution < -0.4 is 5.32 Å². The van der Waals surface area contributed by atoms with E-state index in [1.807, 2.05) is 19.2 Å². The summed E-state index contributed by atoms with van der Waals surface area (Å²) in [6.07, 6.45) is 1.51. The van der Waals surface area contributed by atoms with Crippen molar-refractivity contribution in [1.82, 2.24) is 5.32 Å². The molecular weight excluding hydrogens is 314 g/mol. The molecule has 1 atom stereocenters. The molecule has 18 heavy (non-hydrogen) atoms. The highest BCUT2D eigenvalue weighted by Crippen LogP contribution is 2.21. The Labute approximate surface area is 118 Å². The summed E-state index contributed by atoms with van der Waals surface area (Å²) in [6, 6.07) is 8.30. The van der Waals surface area contributed by atoms with E-state index in [1.54, 1.807) is 6.92 Å². The van der Waals surface area contributed by atoms with Gasteiger partial charge in [-0.3, -0.25) is 0 Å². The van der Waals surface area contributed by atoms with Gasteiger partial charge in [-0.1, -0.05) is 35.0 Å². The third-order valence-corrected chi connectivity index (χ3v) is 5.27. The fourth-order valence-corrected chi connectivity index (χ4v) is 3.16. The Balaban J connectivity index is 2.58. The molecule has 1 aromatic rings. The Hall–Kier alpha value is -0.390. The van der Waals surface area contributed by atoms with Crippen LogP contribution in [-0.2, 0) is 9.84 Å². The maximum Gasteiger partial charge on any atom is 0.150 e. The van der Waals surface area contributed by atoms with Crippen LogP contribution in [0.15, 0.2) is 28.7 Å².